The number of hydrogen-bond donors (Lipinski definition) is 2. The quantitative estimate of drug-likeness (QED) is 0.0549. The first-order valence-corrected chi connectivity index (χ1v) is 16.9. The van der Waals surface area contributed by atoms with Crippen LogP contribution in [0.3, 0.4) is 0 Å². The van der Waals surface area contributed by atoms with E-state index in [1.165, 1.54) is 18.4 Å². The lowest BCUT2D eigenvalue weighted by Gasteiger charge is -2.22. The van der Waals surface area contributed by atoms with Crippen molar-refractivity contribution >= 4 is 46.3 Å². The lowest BCUT2D eigenvalue weighted by molar-refractivity contribution is -0.150. The van der Waals surface area contributed by atoms with Crippen LogP contribution in [-0.4, -0.2) is 71.3 Å². The fourth-order valence-corrected chi connectivity index (χ4v) is 5.29. The number of carbonyl (C=O) groups excluding carboxylic acids is 3. The van der Waals surface area contributed by atoms with Crippen LogP contribution in [0.2, 0.25) is 0 Å². The summed E-state index contributed by atoms with van der Waals surface area (Å²) in [5, 5.41) is 3.35. The van der Waals surface area contributed by atoms with Gasteiger partial charge in [-0.1, -0.05) is 38.7 Å². The molecule has 0 aliphatic rings. The van der Waals surface area contributed by atoms with Crippen LogP contribution in [0, 0.1) is 0 Å². The zero-order valence-corrected chi connectivity index (χ0v) is 29.3. The molecule has 2 aromatic heterocycles. The van der Waals surface area contributed by atoms with Crippen LogP contribution < -0.4 is 16.0 Å². The Kier molecular flexibility index (Phi) is 14.3. The van der Waals surface area contributed by atoms with Gasteiger partial charge in [-0.2, -0.15) is 4.99 Å². The minimum atomic E-state index is -0.690. The van der Waals surface area contributed by atoms with Crippen molar-refractivity contribution in [2.45, 2.75) is 65.0 Å². The Balaban J connectivity index is 1.38. The van der Waals surface area contributed by atoms with Gasteiger partial charge in [-0.15, -0.1) is 0 Å². The molecule has 0 saturated heterocycles. The third kappa shape index (κ3) is 10.9. The van der Waals surface area contributed by atoms with Crippen LogP contribution in [0.1, 0.15) is 74.1 Å². The summed E-state index contributed by atoms with van der Waals surface area (Å²) in [6.07, 6.45) is 5.80. The lowest BCUT2D eigenvalue weighted by atomic mass is 10.1. The average molecular weight is 686 g/mol. The number of methoxy groups -OCH3 is 1. The van der Waals surface area contributed by atoms with E-state index in [4.69, 9.17) is 24.9 Å². The molecule has 2 heterocycles. The van der Waals surface area contributed by atoms with E-state index in [1.54, 1.807) is 55.6 Å². The van der Waals surface area contributed by atoms with Gasteiger partial charge in [0.05, 0.1) is 37.2 Å². The number of unbranched alkanes of at least 4 members (excludes halogenated alkanes) is 4. The molecule has 0 radical (unpaired) electrons. The number of amidine groups is 1. The number of rotatable bonds is 18. The Hall–Kier alpha value is -5.30. The second-order valence-electron chi connectivity index (χ2n) is 11.9. The first-order chi connectivity index (χ1) is 24.2. The number of carbonyl (C=O) groups is 3. The average Bonchev–Trinajstić information content (AvgIpc) is 3.43. The molecule has 0 fully saturated rings. The molecular weight excluding hydrogens is 638 g/mol. The summed E-state index contributed by atoms with van der Waals surface area (Å²) in [5.74, 6) is 0.518. The standard InChI is InChI=1S/C37H47N7O6/c1-5-6-7-8-11-22-49-37(47)42-35(38)27-13-16-29(17-14-27)40-24-33-41-30-23-28(15-18-31(30)43(33)3)36(46)44(32-12-9-10-20-39-32)21-19-34(45)50-26(2)25-48-4/h9-10,12-18,20,23,26,40H,5-8,11,19,21-22,24-25H2,1-4H3,(H2,38,42,47)/t26-/m0/s1. The SMILES string of the molecule is CCCCCCCOC(=O)/N=C(\N)c1ccc(NCc2nc3cc(C(=O)N(CCC(=O)O[C@@H](C)COC)c4ccccn4)ccc3n2C)cc1. The van der Waals surface area contributed by atoms with E-state index in [0.717, 1.165) is 42.7 Å². The highest BCUT2D eigenvalue weighted by molar-refractivity contribution is 6.07. The maximum absolute atomic E-state index is 13.8. The Morgan fingerprint density at radius 1 is 1.02 bits per heavy atom. The van der Waals surface area contributed by atoms with E-state index in [0.29, 0.717) is 35.6 Å². The van der Waals surface area contributed by atoms with Gasteiger partial charge in [-0.3, -0.25) is 14.5 Å². The van der Waals surface area contributed by atoms with Crippen LogP contribution in [0.25, 0.3) is 11.0 Å². The fraction of sp³-hybridized carbons (Fsp3) is 0.405. The highest BCUT2D eigenvalue weighted by atomic mass is 16.6. The summed E-state index contributed by atoms with van der Waals surface area (Å²) in [7, 11) is 3.45. The van der Waals surface area contributed by atoms with Gasteiger partial charge < -0.3 is 29.8 Å². The molecule has 13 heteroatoms. The van der Waals surface area contributed by atoms with Crippen LogP contribution in [0.15, 0.2) is 71.9 Å². The number of benzene rings is 2. The van der Waals surface area contributed by atoms with Gasteiger partial charge in [0.2, 0.25) is 0 Å². The summed E-state index contributed by atoms with van der Waals surface area (Å²) >= 11 is 0. The van der Waals surface area contributed by atoms with Gasteiger partial charge in [-0.05, 0) is 67.9 Å². The summed E-state index contributed by atoms with van der Waals surface area (Å²) in [6, 6.07) is 17.8. The van der Waals surface area contributed by atoms with Gasteiger partial charge in [-0.25, -0.2) is 14.8 Å². The molecule has 3 N–H and O–H groups in total. The maximum atomic E-state index is 13.8. The predicted octanol–water partition coefficient (Wildman–Crippen LogP) is 6.01. The molecule has 0 unspecified atom stereocenters. The second-order valence-corrected chi connectivity index (χ2v) is 11.9. The van der Waals surface area contributed by atoms with E-state index in [1.807, 2.05) is 29.8 Å². The molecule has 0 saturated carbocycles. The third-order valence-corrected chi connectivity index (χ3v) is 7.98. The molecule has 4 rings (SSSR count). The highest BCUT2D eigenvalue weighted by Gasteiger charge is 2.22. The number of pyridine rings is 1. The lowest BCUT2D eigenvalue weighted by Crippen LogP contribution is -2.34. The van der Waals surface area contributed by atoms with Crippen molar-refractivity contribution in [3.63, 3.8) is 0 Å². The third-order valence-electron chi connectivity index (χ3n) is 7.98. The van der Waals surface area contributed by atoms with E-state index < -0.39 is 18.2 Å². The monoisotopic (exact) mass is 685 g/mol. The number of nitrogens with two attached hydrogens (primary N) is 1. The predicted molar refractivity (Wildman–Crippen MR) is 193 cm³/mol. The van der Waals surface area contributed by atoms with Crippen molar-refractivity contribution in [3.05, 3.63) is 83.8 Å². The molecule has 1 atom stereocenters. The number of esters is 1. The number of ether oxygens (including phenoxy) is 3. The van der Waals surface area contributed by atoms with Gasteiger partial charge in [0.1, 0.15) is 23.6 Å². The number of fused-ring (bicyclic) bond motifs is 1. The number of aromatic nitrogens is 3. The van der Waals surface area contributed by atoms with E-state index in [-0.39, 0.29) is 31.3 Å². The molecular formula is C37H47N7O6. The Morgan fingerprint density at radius 2 is 1.78 bits per heavy atom. The first-order valence-electron chi connectivity index (χ1n) is 16.9. The summed E-state index contributed by atoms with van der Waals surface area (Å²) in [4.78, 5) is 52.8. The van der Waals surface area contributed by atoms with Gasteiger partial charge >= 0.3 is 12.1 Å². The van der Waals surface area contributed by atoms with Crippen molar-refractivity contribution in [2.24, 2.45) is 17.8 Å². The second kappa shape index (κ2) is 19.0. The minimum Gasteiger partial charge on any atom is -0.460 e. The van der Waals surface area contributed by atoms with Crippen LogP contribution in [-0.2, 0) is 32.6 Å². The van der Waals surface area contributed by atoms with Gasteiger partial charge in [0.25, 0.3) is 5.91 Å². The number of nitrogens with one attached hydrogen (secondary N) is 1. The molecule has 50 heavy (non-hydrogen) atoms. The Labute approximate surface area is 292 Å². The molecule has 4 aromatic rings. The smallest absolute Gasteiger partial charge is 0.435 e. The number of imidazole rings is 1. The zero-order chi connectivity index (χ0) is 35.9. The van der Waals surface area contributed by atoms with Gasteiger partial charge in [0, 0.05) is 43.7 Å². The summed E-state index contributed by atoms with van der Waals surface area (Å²) < 4.78 is 17.5. The maximum Gasteiger partial charge on any atom is 0.435 e. The summed E-state index contributed by atoms with van der Waals surface area (Å²) in [6.45, 7) is 5.01. The summed E-state index contributed by atoms with van der Waals surface area (Å²) in [5.41, 5.74) is 9.38. The van der Waals surface area contributed by atoms with Crippen LogP contribution in [0.4, 0.5) is 16.3 Å². The molecule has 0 spiro atoms. The molecule has 0 aliphatic carbocycles. The van der Waals surface area contributed by atoms with E-state index in [9.17, 15) is 14.4 Å². The molecule has 0 bridgehead atoms. The highest BCUT2D eigenvalue weighted by Crippen LogP contribution is 2.21. The number of amides is 2. The van der Waals surface area contributed by atoms with Crippen LogP contribution >= 0.6 is 0 Å². The van der Waals surface area contributed by atoms with Crippen molar-refractivity contribution in [1.29, 1.82) is 0 Å². The Bertz CT molecular complexity index is 1740. The zero-order valence-electron chi connectivity index (χ0n) is 29.3. The number of aliphatic imine (C=N–C) groups is 1. The number of nitrogens with zero attached hydrogens (tertiary/aromatic N) is 5. The normalized spacial score (nSPS) is 12.0. The fourth-order valence-electron chi connectivity index (χ4n) is 5.29. The number of aryl methyl sites for hydroxylation is 1. The first kappa shape index (κ1) is 37.5. The molecule has 266 valence electrons. The molecule has 0 aliphatic heterocycles. The van der Waals surface area contributed by atoms with Crippen molar-refractivity contribution in [1.82, 2.24) is 14.5 Å². The van der Waals surface area contributed by atoms with Crippen molar-refractivity contribution < 1.29 is 28.6 Å². The van der Waals surface area contributed by atoms with Crippen molar-refractivity contribution in [2.75, 3.05) is 37.1 Å². The molecule has 13 nitrogen and oxygen atoms in total. The van der Waals surface area contributed by atoms with E-state index >= 15 is 0 Å². The van der Waals surface area contributed by atoms with E-state index in [2.05, 4.69) is 22.2 Å². The number of anilines is 2. The van der Waals surface area contributed by atoms with Crippen LogP contribution in [0.5, 0.6) is 0 Å². The molecule has 2 aromatic carbocycles. The van der Waals surface area contributed by atoms with Gasteiger partial charge in [0.15, 0.2) is 0 Å². The molecule has 2 amide bonds. The minimum absolute atomic E-state index is 0.00974. The topological polar surface area (TPSA) is 163 Å². The Morgan fingerprint density at radius 3 is 2.50 bits per heavy atom. The largest absolute Gasteiger partial charge is 0.460 e. The van der Waals surface area contributed by atoms with Crippen molar-refractivity contribution in [3.8, 4) is 0 Å². The number of hydrogen-bond acceptors (Lipinski definition) is 9.